The Bertz CT molecular complexity index is 202. The quantitative estimate of drug-likeness (QED) is 0.436. The molecule has 0 aromatic carbocycles. The SMILES string of the molecule is C=C(C)/C=C(\C)C(=O)N(C)C. The zero-order valence-electron chi connectivity index (χ0n) is 7.64. The van der Waals surface area contributed by atoms with E-state index in [1.165, 1.54) is 0 Å². The number of carbonyl (C=O) groups is 1. The van der Waals surface area contributed by atoms with Gasteiger partial charge >= 0.3 is 0 Å². The summed E-state index contributed by atoms with van der Waals surface area (Å²) in [6.07, 6.45) is 1.78. The van der Waals surface area contributed by atoms with Crippen molar-refractivity contribution in [1.29, 1.82) is 0 Å². The van der Waals surface area contributed by atoms with Crippen LogP contribution in [0.4, 0.5) is 0 Å². The normalized spacial score (nSPS) is 11.1. The summed E-state index contributed by atoms with van der Waals surface area (Å²) >= 11 is 0. The molecule has 1 amide bonds. The molecule has 0 fully saturated rings. The maximum Gasteiger partial charge on any atom is 0.248 e. The van der Waals surface area contributed by atoms with Crippen molar-refractivity contribution in [2.24, 2.45) is 0 Å². The largest absolute Gasteiger partial charge is 0.345 e. The standard InChI is InChI=1S/C9H15NO/c1-7(2)6-8(3)9(11)10(4)5/h6H,1H2,2-5H3/b8-6+. The Morgan fingerprint density at radius 1 is 1.36 bits per heavy atom. The summed E-state index contributed by atoms with van der Waals surface area (Å²) in [4.78, 5) is 12.7. The van der Waals surface area contributed by atoms with E-state index in [0.717, 1.165) is 11.1 Å². The molecule has 0 bridgehead atoms. The van der Waals surface area contributed by atoms with Gasteiger partial charge in [-0.25, -0.2) is 0 Å². The Morgan fingerprint density at radius 2 is 1.82 bits per heavy atom. The van der Waals surface area contributed by atoms with Crippen LogP contribution in [0.5, 0.6) is 0 Å². The van der Waals surface area contributed by atoms with Gasteiger partial charge in [0.05, 0.1) is 0 Å². The molecule has 11 heavy (non-hydrogen) atoms. The predicted molar refractivity (Wildman–Crippen MR) is 47.3 cm³/mol. The molecule has 0 aliphatic carbocycles. The number of amides is 1. The molecule has 0 radical (unpaired) electrons. The maximum absolute atomic E-state index is 11.2. The van der Waals surface area contributed by atoms with E-state index in [4.69, 9.17) is 0 Å². The molecule has 2 nitrogen and oxygen atoms in total. The second-order valence-electron chi connectivity index (χ2n) is 2.87. The number of nitrogens with zero attached hydrogens (tertiary/aromatic N) is 1. The van der Waals surface area contributed by atoms with E-state index in [-0.39, 0.29) is 5.91 Å². The number of likely N-dealkylation sites (N-methyl/N-ethyl adjacent to an activating group) is 1. The van der Waals surface area contributed by atoms with Crippen molar-refractivity contribution >= 4 is 5.91 Å². The number of carbonyl (C=O) groups excluding carboxylic acids is 1. The molecule has 0 saturated heterocycles. The van der Waals surface area contributed by atoms with Gasteiger partial charge in [-0.3, -0.25) is 4.79 Å². The van der Waals surface area contributed by atoms with Crippen LogP contribution in [0, 0.1) is 0 Å². The summed E-state index contributed by atoms with van der Waals surface area (Å²) in [5.41, 5.74) is 1.63. The van der Waals surface area contributed by atoms with Crippen molar-refractivity contribution in [1.82, 2.24) is 4.90 Å². The van der Waals surface area contributed by atoms with Crippen LogP contribution in [0.2, 0.25) is 0 Å². The molecule has 0 rings (SSSR count). The third-order valence-electron chi connectivity index (χ3n) is 1.21. The summed E-state index contributed by atoms with van der Waals surface area (Å²) in [6, 6.07) is 0. The van der Waals surface area contributed by atoms with Gasteiger partial charge in [-0.2, -0.15) is 0 Å². The highest BCUT2D eigenvalue weighted by molar-refractivity contribution is 5.92. The molecule has 0 spiro atoms. The minimum atomic E-state index is 0.0352. The second kappa shape index (κ2) is 3.96. The molecule has 0 aromatic rings. The lowest BCUT2D eigenvalue weighted by Gasteiger charge is -2.09. The summed E-state index contributed by atoms with van der Waals surface area (Å²) in [7, 11) is 3.47. The number of hydrogen-bond acceptors (Lipinski definition) is 1. The van der Waals surface area contributed by atoms with Crippen molar-refractivity contribution in [3.05, 3.63) is 23.8 Å². The molecular weight excluding hydrogens is 138 g/mol. The molecular formula is C9H15NO. The van der Waals surface area contributed by atoms with Gasteiger partial charge in [0.15, 0.2) is 0 Å². The monoisotopic (exact) mass is 153 g/mol. The smallest absolute Gasteiger partial charge is 0.248 e. The first kappa shape index (κ1) is 9.95. The van der Waals surface area contributed by atoms with Gasteiger partial charge in [-0.1, -0.05) is 18.2 Å². The topological polar surface area (TPSA) is 20.3 Å². The lowest BCUT2D eigenvalue weighted by atomic mass is 10.2. The maximum atomic E-state index is 11.2. The third kappa shape index (κ3) is 3.61. The van der Waals surface area contributed by atoms with Crippen LogP contribution in [0.1, 0.15) is 13.8 Å². The fourth-order valence-corrected chi connectivity index (χ4v) is 0.784. The first-order chi connectivity index (χ1) is 4.95. The lowest BCUT2D eigenvalue weighted by Crippen LogP contribution is -2.22. The molecule has 0 aliphatic rings. The van der Waals surface area contributed by atoms with E-state index in [1.807, 2.05) is 6.92 Å². The van der Waals surface area contributed by atoms with Gasteiger partial charge in [0.2, 0.25) is 5.91 Å². The summed E-state index contributed by atoms with van der Waals surface area (Å²) in [5.74, 6) is 0.0352. The Kier molecular flexibility index (Phi) is 3.58. The molecule has 0 atom stereocenters. The molecule has 62 valence electrons. The van der Waals surface area contributed by atoms with Crippen molar-refractivity contribution in [2.75, 3.05) is 14.1 Å². The van der Waals surface area contributed by atoms with Crippen molar-refractivity contribution in [2.45, 2.75) is 13.8 Å². The summed E-state index contributed by atoms with van der Waals surface area (Å²) in [5, 5.41) is 0. The van der Waals surface area contributed by atoms with Crippen molar-refractivity contribution in [3.8, 4) is 0 Å². The zero-order chi connectivity index (χ0) is 9.02. The first-order valence-electron chi connectivity index (χ1n) is 3.50. The average molecular weight is 153 g/mol. The summed E-state index contributed by atoms with van der Waals surface area (Å²) in [6.45, 7) is 7.35. The van der Waals surface area contributed by atoms with Gasteiger partial charge in [-0.15, -0.1) is 0 Å². The van der Waals surface area contributed by atoms with Gasteiger partial charge in [0.1, 0.15) is 0 Å². The van der Waals surface area contributed by atoms with Crippen LogP contribution < -0.4 is 0 Å². The van der Waals surface area contributed by atoms with Crippen LogP contribution in [-0.4, -0.2) is 24.9 Å². The van der Waals surface area contributed by atoms with Crippen LogP contribution in [0.3, 0.4) is 0 Å². The molecule has 0 aromatic heterocycles. The van der Waals surface area contributed by atoms with E-state index in [0.29, 0.717) is 0 Å². The number of allylic oxidation sites excluding steroid dienone is 2. The first-order valence-corrected chi connectivity index (χ1v) is 3.50. The summed E-state index contributed by atoms with van der Waals surface area (Å²) < 4.78 is 0. The van der Waals surface area contributed by atoms with Crippen LogP contribution in [0.15, 0.2) is 23.8 Å². The minimum Gasteiger partial charge on any atom is -0.345 e. The highest BCUT2D eigenvalue weighted by Gasteiger charge is 2.04. The highest BCUT2D eigenvalue weighted by Crippen LogP contribution is 2.01. The van der Waals surface area contributed by atoms with Crippen LogP contribution >= 0.6 is 0 Å². The molecule has 0 unspecified atom stereocenters. The fourth-order valence-electron chi connectivity index (χ4n) is 0.784. The molecule has 0 saturated carbocycles. The van der Waals surface area contributed by atoms with E-state index in [1.54, 1.807) is 32.0 Å². The van der Waals surface area contributed by atoms with Gasteiger partial charge < -0.3 is 4.90 Å². The van der Waals surface area contributed by atoms with Crippen molar-refractivity contribution < 1.29 is 4.79 Å². The van der Waals surface area contributed by atoms with Gasteiger partial charge in [-0.05, 0) is 13.8 Å². The van der Waals surface area contributed by atoms with E-state index in [9.17, 15) is 4.79 Å². The fraction of sp³-hybridized carbons (Fsp3) is 0.444. The molecule has 0 aliphatic heterocycles. The molecule has 0 N–H and O–H groups in total. The minimum absolute atomic E-state index is 0.0352. The second-order valence-corrected chi connectivity index (χ2v) is 2.87. The Labute approximate surface area is 68.2 Å². The molecule has 2 heteroatoms. The average Bonchev–Trinajstić information content (AvgIpc) is 1.84. The van der Waals surface area contributed by atoms with Crippen LogP contribution in [-0.2, 0) is 4.79 Å². The third-order valence-corrected chi connectivity index (χ3v) is 1.21. The van der Waals surface area contributed by atoms with E-state index < -0.39 is 0 Å². The Hall–Kier alpha value is -1.05. The number of hydrogen-bond donors (Lipinski definition) is 0. The van der Waals surface area contributed by atoms with Crippen LogP contribution in [0.25, 0.3) is 0 Å². The van der Waals surface area contributed by atoms with E-state index in [2.05, 4.69) is 6.58 Å². The van der Waals surface area contributed by atoms with Crippen molar-refractivity contribution in [3.63, 3.8) is 0 Å². The zero-order valence-corrected chi connectivity index (χ0v) is 7.64. The number of rotatable bonds is 2. The lowest BCUT2D eigenvalue weighted by molar-refractivity contribution is -0.124. The Morgan fingerprint density at radius 3 is 2.09 bits per heavy atom. The van der Waals surface area contributed by atoms with E-state index >= 15 is 0 Å². The Balaban J connectivity index is 4.36. The molecule has 0 heterocycles. The van der Waals surface area contributed by atoms with Gasteiger partial charge in [0, 0.05) is 19.7 Å². The van der Waals surface area contributed by atoms with Gasteiger partial charge in [0.25, 0.3) is 0 Å². The highest BCUT2D eigenvalue weighted by atomic mass is 16.2. The predicted octanol–water partition coefficient (Wildman–Crippen LogP) is 1.60.